The maximum Gasteiger partial charge on any atom is 0.315 e. The molecule has 32 heavy (non-hydrogen) atoms. The maximum atomic E-state index is 13.9. The molecular formula is C27H36N2O3. The van der Waals surface area contributed by atoms with Gasteiger partial charge in [-0.15, -0.1) is 0 Å². The summed E-state index contributed by atoms with van der Waals surface area (Å²) in [4.78, 5) is 26.7. The third-order valence-corrected chi connectivity index (χ3v) is 7.60. The van der Waals surface area contributed by atoms with Gasteiger partial charge in [0.25, 0.3) is 0 Å². The van der Waals surface area contributed by atoms with E-state index in [0.717, 1.165) is 44.1 Å². The zero-order valence-corrected chi connectivity index (χ0v) is 20.4. The van der Waals surface area contributed by atoms with Gasteiger partial charge in [-0.3, -0.25) is 9.59 Å². The molecular weight excluding hydrogens is 400 g/mol. The summed E-state index contributed by atoms with van der Waals surface area (Å²) in [6.45, 7) is 10.5. The van der Waals surface area contributed by atoms with Crippen LogP contribution in [0.4, 0.5) is 0 Å². The molecule has 0 atom stereocenters. The van der Waals surface area contributed by atoms with Crippen molar-refractivity contribution in [2.24, 2.45) is 13.0 Å². The van der Waals surface area contributed by atoms with Crippen LogP contribution in [0.15, 0.2) is 6.07 Å². The lowest BCUT2D eigenvalue weighted by atomic mass is 9.68. The predicted octanol–water partition coefficient (Wildman–Crippen LogP) is 5.68. The van der Waals surface area contributed by atoms with E-state index in [1.807, 2.05) is 13.0 Å². The monoisotopic (exact) mass is 436 g/mol. The van der Waals surface area contributed by atoms with Crippen LogP contribution in [-0.4, -0.2) is 21.5 Å². The van der Waals surface area contributed by atoms with Crippen LogP contribution >= 0.6 is 0 Å². The van der Waals surface area contributed by atoms with E-state index in [2.05, 4.69) is 32.8 Å². The normalized spacial score (nSPS) is 18.3. The molecule has 0 amide bonds. The SMILES string of the molecule is Cc1cc(C(=O)c2c(C)nn(C)c2OC(=O)C2CCCCC2)c(C)c2c1CCCC2(C)C. The molecule has 0 unspecified atom stereocenters. The minimum atomic E-state index is -0.235. The third kappa shape index (κ3) is 3.91. The average molecular weight is 437 g/mol. The quantitative estimate of drug-likeness (QED) is 0.457. The Labute approximate surface area is 191 Å². The van der Waals surface area contributed by atoms with Gasteiger partial charge in [-0.05, 0) is 86.6 Å². The van der Waals surface area contributed by atoms with Gasteiger partial charge in [-0.2, -0.15) is 5.10 Å². The number of hydrogen-bond donors (Lipinski definition) is 0. The summed E-state index contributed by atoms with van der Waals surface area (Å²) in [5, 5.41) is 4.44. The molecule has 1 heterocycles. The van der Waals surface area contributed by atoms with Gasteiger partial charge in [-0.25, -0.2) is 4.68 Å². The van der Waals surface area contributed by atoms with Crippen molar-refractivity contribution in [1.82, 2.24) is 9.78 Å². The van der Waals surface area contributed by atoms with Crippen LogP contribution in [-0.2, 0) is 23.7 Å². The summed E-state index contributed by atoms with van der Waals surface area (Å²) in [7, 11) is 1.74. The fraction of sp³-hybridized carbons (Fsp3) is 0.593. The van der Waals surface area contributed by atoms with Crippen molar-refractivity contribution in [1.29, 1.82) is 0 Å². The summed E-state index contributed by atoms with van der Waals surface area (Å²) in [5.41, 5.74) is 6.67. The van der Waals surface area contributed by atoms with Gasteiger partial charge in [0.15, 0.2) is 0 Å². The van der Waals surface area contributed by atoms with E-state index in [-0.39, 0.29) is 29.0 Å². The molecule has 172 valence electrons. The van der Waals surface area contributed by atoms with Gasteiger partial charge in [-0.1, -0.05) is 33.1 Å². The van der Waals surface area contributed by atoms with Crippen molar-refractivity contribution < 1.29 is 14.3 Å². The van der Waals surface area contributed by atoms with Crippen molar-refractivity contribution in [2.75, 3.05) is 0 Å². The smallest absolute Gasteiger partial charge is 0.315 e. The highest BCUT2D eigenvalue weighted by molar-refractivity contribution is 6.12. The standard InChI is InChI=1S/C27H36N2O3/c1-16-15-21(17(2)23-20(16)13-10-14-27(23,4)5)24(30)22-18(3)28-29(6)25(22)32-26(31)19-11-8-7-9-12-19/h15,19H,7-14H2,1-6H3. The number of carbonyl (C=O) groups excluding carboxylic acids is 2. The Bertz CT molecular complexity index is 1070. The molecule has 1 aromatic heterocycles. The Morgan fingerprint density at radius 1 is 1.09 bits per heavy atom. The van der Waals surface area contributed by atoms with E-state index in [0.29, 0.717) is 16.8 Å². The number of ketones is 1. The number of hydrogen-bond acceptors (Lipinski definition) is 4. The fourth-order valence-corrected chi connectivity index (χ4v) is 5.94. The van der Waals surface area contributed by atoms with Gasteiger partial charge < -0.3 is 4.74 Å². The first-order valence-corrected chi connectivity index (χ1v) is 12.1. The van der Waals surface area contributed by atoms with Crippen LogP contribution in [0.5, 0.6) is 5.88 Å². The fourth-order valence-electron chi connectivity index (χ4n) is 5.94. The zero-order valence-electron chi connectivity index (χ0n) is 20.4. The van der Waals surface area contributed by atoms with Crippen molar-refractivity contribution in [3.05, 3.63) is 45.1 Å². The molecule has 1 fully saturated rings. The Kier molecular flexibility index (Phi) is 6.04. The topological polar surface area (TPSA) is 61.2 Å². The molecule has 2 aliphatic rings. The Hall–Kier alpha value is -2.43. The van der Waals surface area contributed by atoms with Gasteiger partial charge >= 0.3 is 5.97 Å². The first kappa shape index (κ1) is 22.8. The number of esters is 1. The van der Waals surface area contributed by atoms with Crippen LogP contribution in [0.3, 0.4) is 0 Å². The summed E-state index contributed by atoms with van der Waals surface area (Å²) in [6.07, 6.45) is 8.36. The summed E-state index contributed by atoms with van der Waals surface area (Å²) >= 11 is 0. The molecule has 1 saturated carbocycles. The second-order valence-electron chi connectivity index (χ2n) is 10.4. The summed E-state index contributed by atoms with van der Waals surface area (Å²) in [6, 6.07) is 2.02. The average Bonchev–Trinajstić information content (AvgIpc) is 3.02. The van der Waals surface area contributed by atoms with E-state index >= 15 is 0 Å². The molecule has 1 aromatic carbocycles. The molecule has 0 N–H and O–H groups in total. The minimum Gasteiger partial charge on any atom is -0.407 e. The Morgan fingerprint density at radius 2 is 1.78 bits per heavy atom. The van der Waals surface area contributed by atoms with Gasteiger partial charge in [0.2, 0.25) is 11.7 Å². The van der Waals surface area contributed by atoms with E-state index in [1.54, 1.807) is 7.05 Å². The van der Waals surface area contributed by atoms with E-state index in [1.165, 1.54) is 34.2 Å². The largest absolute Gasteiger partial charge is 0.407 e. The number of aromatic nitrogens is 2. The van der Waals surface area contributed by atoms with Crippen molar-refractivity contribution in [3.8, 4) is 5.88 Å². The van der Waals surface area contributed by atoms with Crippen LogP contribution < -0.4 is 4.74 Å². The zero-order chi connectivity index (χ0) is 23.2. The van der Waals surface area contributed by atoms with E-state index in [4.69, 9.17) is 4.74 Å². The first-order chi connectivity index (χ1) is 15.1. The van der Waals surface area contributed by atoms with Crippen LogP contribution in [0.25, 0.3) is 0 Å². The van der Waals surface area contributed by atoms with Crippen LogP contribution in [0.2, 0.25) is 0 Å². The first-order valence-electron chi connectivity index (χ1n) is 12.1. The number of nitrogens with zero attached hydrogens (tertiary/aromatic N) is 2. The van der Waals surface area contributed by atoms with Crippen LogP contribution in [0, 0.1) is 26.7 Å². The molecule has 0 saturated heterocycles. The summed E-state index contributed by atoms with van der Waals surface area (Å²) < 4.78 is 7.38. The molecule has 5 heteroatoms. The predicted molar refractivity (Wildman–Crippen MR) is 125 cm³/mol. The number of benzene rings is 1. The number of ether oxygens (including phenoxy) is 1. The number of rotatable bonds is 4. The second kappa shape index (κ2) is 8.49. The lowest BCUT2D eigenvalue weighted by Crippen LogP contribution is -2.27. The number of fused-ring (bicyclic) bond motifs is 1. The maximum absolute atomic E-state index is 13.9. The highest BCUT2D eigenvalue weighted by Gasteiger charge is 2.34. The molecule has 4 rings (SSSR count). The Balaban J connectivity index is 1.75. The van der Waals surface area contributed by atoms with Gasteiger partial charge in [0.1, 0.15) is 5.56 Å². The van der Waals surface area contributed by atoms with E-state index in [9.17, 15) is 9.59 Å². The molecule has 0 bridgehead atoms. The van der Waals surface area contributed by atoms with E-state index < -0.39 is 0 Å². The minimum absolute atomic E-state index is 0.0407. The van der Waals surface area contributed by atoms with Crippen molar-refractivity contribution in [3.63, 3.8) is 0 Å². The summed E-state index contributed by atoms with van der Waals surface area (Å²) in [5.74, 6) is -0.152. The molecule has 0 spiro atoms. The Morgan fingerprint density at radius 3 is 2.47 bits per heavy atom. The molecule has 2 aromatic rings. The highest BCUT2D eigenvalue weighted by Crippen LogP contribution is 2.42. The van der Waals surface area contributed by atoms with Crippen molar-refractivity contribution in [2.45, 2.75) is 91.4 Å². The number of aryl methyl sites for hydroxylation is 3. The lowest BCUT2D eigenvalue weighted by molar-refractivity contribution is -0.140. The van der Waals surface area contributed by atoms with Gasteiger partial charge in [0.05, 0.1) is 11.6 Å². The highest BCUT2D eigenvalue weighted by atomic mass is 16.5. The van der Waals surface area contributed by atoms with Gasteiger partial charge in [0, 0.05) is 12.6 Å². The molecule has 0 radical (unpaired) electrons. The second-order valence-corrected chi connectivity index (χ2v) is 10.4. The third-order valence-electron chi connectivity index (χ3n) is 7.60. The number of carbonyl (C=O) groups is 2. The van der Waals surface area contributed by atoms with Crippen LogP contribution in [0.1, 0.15) is 103 Å². The van der Waals surface area contributed by atoms with Crippen molar-refractivity contribution >= 4 is 11.8 Å². The lowest BCUT2D eigenvalue weighted by Gasteiger charge is -2.36. The molecule has 5 nitrogen and oxygen atoms in total. The molecule has 2 aliphatic carbocycles. The molecule has 0 aliphatic heterocycles.